The second-order valence-corrected chi connectivity index (χ2v) is 7.81. The molecule has 1 fully saturated rings. The number of urea groups is 1. The summed E-state index contributed by atoms with van der Waals surface area (Å²) in [6.45, 7) is 0. The van der Waals surface area contributed by atoms with Crippen LogP contribution in [0.5, 0.6) is 5.75 Å². The lowest BCUT2D eigenvalue weighted by atomic mass is 10.1. The van der Waals surface area contributed by atoms with Crippen molar-refractivity contribution in [2.75, 3.05) is 12.0 Å². The van der Waals surface area contributed by atoms with E-state index in [1.807, 2.05) is 24.3 Å². The molecule has 1 saturated heterocycles. The summed E-state index contributed by atoms with van der Waals surface area (Å²) in [6.07, 6.45) is 1.30. The molecule has 0 aliphatic carbocycles. The van der Waals surface area contributed by atoms with Gasteiger partial charge in [0.25, 0.3) is 11.8 Å². The number of carbonyl (C=O) groups is 3. The van der Waals surface area contributed by atoms with Gasteiger partial charge in [0.05, 0.1) is 17.8 Å². The highest BCUT2D eigenvalue weighted by atomic mass is 79.9. The van der Waals surface area contributed by atoms with Crippen LogP contribution >= 0.6 is 27.5 Å². The third-order valence-corrected chi connectivity index (χ3v) is 5.36. The molecule has 156 valence electrons. The number of methoxy groups -OCH3 is 1. The highest BCUT2D eigenvalue weighted by Gasteiger charge is 2.37. The number of halogens is 2. The van der Waals surface area contributed by atoms with Gasteiger partial charge in [-0.25, -0.2) is 9.69 Å². The third-order valence-electron chi connectivity index (χ3n) is 4.54. The van der Waals surface area contributed by atoms with Crippen molar-refractivity contribution >= 4 is 57.1 Å². The molecule has 0 unspecified atom stereocenters. The van der Waals surface area contributed by atoms with Gasteiger partial charge in [0.1, 0.15) is 22.8 Å². The van der Waals surface area contributed by atoms with E-state index in [0.717, 1.165) is 14.9 Å². The summed E-state index contributed by atoms with van der Waals surface area (Å²) in [4.78, 5) is 38.5. The monoisotopic (exact) mass is 500 g/mol. The number of hydrogen-bond donors (Lipinski definition) is 1. The van der Waals surface area contributed by atoms with Gasteiger partial charge in [-0.3, -0.25) is 14.9 Å². The Morgan fingerprint density at radius 1 is 1.06 bits per heavy atom. The molecule has 4 amide bonds. The number of amides is 4. The van der Waals surface area contributed by atoms with Crippen LogP contribution < -0.4 is 15.0 Å². The number of carbonyl (C=O) groups excluding carboxylic acids is 3. The van der Waals surface area contributed by atoms with Crippen LogP contribution in [0.1, 0.15) is 5.76 Å². The number of barbiturate groups is 1. The molecule has 1 aliphatic rings. The number of benzene rings is 2. The Morgan fingerprint density at radius 2 is 1.81 bits per heavy atom. The van der Waals surface area contributed by atoms with Crippen molar-refractivity contribution < 1.29 is 23.5 Å². The molecule has 0 bridgehead atoms. The van der Waals surface area contributed by atoms with Crippen LogP contribution in [-0.4, -0.2) is 25.0 Å². The summed E-state index contributed by atoms with van der Waals surface area (Å²) < 4.78 is 11.8. The normalized spacial score (nSPS) is 15.4. The number of rotatable bonds is 4. The summed E-state index contributed by atoms with van der Waals surface area (Å²) in [7, 11) is 1.45. The summed E-state index contributed by atoms with van der Waals surface area (Å²) >= 11 is 9.49. The van der Waals surface area contributed by atoms with Crippen molar-refractivity contribution in [2.24, 2.45) is 0 Å². The van der Waals surface area contributed by atoms with E-state index in [-0.39, 0.29) is 16.3 Å². The average molecular weight is 502 g/mol. The molecule has 0 radical (unpaired) electrons. The molecule has 1 aliphatic heterocycles. The zero-order valence-electron chi connectivity index (χ0n) is 16.0. The zero-order chi connectivity index (χ0) is 22.1. The van der Waals surface area contributed by atoms with E-state index in [9.17, 15) is 14.4 Å². The molecule has 9 heteroatoms. The first-order valence-electron chi connectivity index (χ1n) is 8.98. The van der Waals surface area contributed by atoms with Gasteiger partial charge in [0.2, 0.25) is 0 Å². The van der Waals surface area contributed by atoms with Gasteiger partial charge in [-0.05, 0) is 48.5 Å². The van der Waals surface area contributed by atoms with E-state index < -0.39 is 17.8 Å². The standard InChI is InChI=1S/C22H14BrClN2O5/c1-30-19-8-6-14(10-17(19)24)26-21(28)16(20(27)25-22(26)29)11-15-7-9-18(31-15)12-2-4-13(23)5-3-12/h2-11H,1H3,(H,25,27,29). The van der Waals surface area contributed by atoms with Crippen LogP contribution in [0.2, 0.25) is 5.02 Å². The van der Waals surface area contributed by atoms with Gasteiger partial charge >= 0.3 is 6.03 Å². The lowest BCUT2D eigenvalue weighted by Crippen LogP contribution is -2.54. The van der Waals surface area contributed by atoms with Crippen LogP contribution in [0.25, 0.3) is 17.4 Å². The Bertz CT molecular complexity index is 1230. The molecule has 2 aromatic carbocycles. The predicted octanol–water partition coefficient (Wildman–Crippen LogP) is 5.04. The van der Waals surface area contributed by atoms with Gasteiger partial charge < -0.3 is 9.15 Å². The lowest BCUT2D eigenvalue weighted by molar-refractivity contribution is -0.122. The molecule has 0 saturated carbocycles. The lowest BCUT2D eigenvalue weighted by Gasteiger charge is -2.26. The maximum Gasteiger partial charge on any atom is 0.335 e. The highest BCUT2D eigenvalue weighted by Crippen LogP contribution is 2.31. The van der Waals surface area contributed by atoms with Crippen molar-refractivity contribution in [3.05, 3.63) is 75.4 Å². The first-order valence-corrected chi connectivity index (χ1v) is 10.2. The molecule has 3 aromatic rings. The molecule has 1 aromatic heterocycles. The first-order chi connectivity index (χ1) is 14.9. The van der Waals surface area contributed by atoms with Crippen LogP contribution in [0.3, 0.4) is 0 Å². The van der Waals surface area contributed by atoms with Crippen molar-refractivity contribution in [3.8, 4) is 17.1 Å². The van der Waals surface area contributed by atoms with Gasteiger partial charge in [-0.15, -0.1) is 0 Å². The molecular formula is C22H14BrClN2O5. The molecular weight excluding hydrogens is 488 g/mol. The molecule has 0 atom stereocenters. The third kappa shape index (κ3) is 4.12. The van der Waals surface area contributed by atoms with Crippen LogP contribution in [-0.2, 0) is 9.59 Å². The first kappa shape index (κ1) is 20.9. The van der Waals surface area contributed by atoms with Gasteiger partial charge in [-0.1, -0.05) is 39.7 Å². The Balaban J connectivity index is 1.66. The number of nitrogens with one attached hydrogen (secondary N) is 1. The zero-order valence-corrected chi connectivity index (χ0v) is 18.4. The summed E-state index contributed by atoms with van der Waals surface area (Å²) in [5.41, 5.74) is 0.780. The maximum atomic E-state index is 13.0. The number of ether oxygens (including phenoxy) is 1. The van der Waals surface area contributed by atoms with Crippen molar-refractivity contribution in [1.82, 2.24) is 5.32 Å². The number of anilines is 1. The van der Waals surface area contributed by atoms with E-state index in [0.29, 0.717) is 17.3 Å². The fourth-order valence-corrected chi connectivity index (χ4v) is 3.54. The SMILES string of the molecule is COc1ccc(N2C(=O)NC(=O)C(=Cc3ccc(-c4ccc(Br)cc4)o3)C2=O)cc1Cl. The second kappa shape index (κ2) is 8.41. The van der Waals surface area contributed by atoms with E-state index in [1.54, 1.807) is 12.1 Å². The Labute approximate surface area is 190 Å². The summed E-state index contributed by atoms with van der Waals surface area (Å²) in [5.74, 6) is -0.362. The fourth-order valence-electron chi connectivity index (χ4n) is 3.03. The average Bonchev–Trinajstić information content (AvgIpc) is 3.20. The quantitative estimate of drug-likeness (QED) is 0.400. The summed E-state index contributed by atoms with van der Waals surface area (Å²) in [6, 6.07) is 14.4. The molecule has 0 spiro atoms. The molecule has 1 N–H and O–H groups in total. The smallest absolute Gasteiger partial charge is 0.335 e. The number of nitrogens with zero attached hydrogens (tertiary/aromatic N) is 1. The number of furan rings is 1. The van der Waals surface area contributed by atoms with E-state index in [2.05, 4.69) is 21.2 Å². The predicted molar refractivity (Wildman–Crippen MR) is 119 cm³/mol. The molecule has 2 heterocycles. The van der Waals surface area contributed by atoms with Gasteiger partial charge in [0, 0.05) is 10.0 Å². The van der Waals surface area contributed by atoms with Gasteiger partial charge in [0.15, 0.2) is 0 Å². The minimum absolute atomic E-state index is 0.196. The van der Waals surface area contributed by atoms with E-state index in [4.69, 9.17) is 20.8 Å². The number of hydrogen-bond acceptors (Lipinski definition) is 5. The van der Waals surface area contributed by atoms with E-state index >= 15 is 0 Å². The van der Waals surface area contributed by atoms with Crippen molar-refractivity contribution in [1.29, 1.82) is 0 Å². The summed E-state index contributed by atoms with van der Waals surface area (Å²) in [5, 5.41) is 2.38. The molecule has 31 heavy (non-hydrogen) atoms. The minimum atomic E-state index is -0.872. The largest absolute Gasteiger partial charge is 0.495 e. The van der Waals surface area contributed by atoms with Crippen molar-refractivity contribution in [3.63, 3.8) is 0 Å². The van der Waals surface area contributed by atoms with Crippen LogP contribution in [0.4, 0.5) is 10.5 Å². The van der Waals surface area contributed by atoms with E-state index in [1.165, 1.54) is 31.4 Å². The maximum absolute atomic E-state index is 13.0. The topological polar surface area (TPSA) is 88.8 Å². The Kier molecular flexibility index (Phi) is 5.67. The Morgan fingerprint density at radius 3 is 2.48 bits per heavy atom. The van der Waals surface area contributed by atoms with Crippen LogP contribution in [0.15, 0.2) is 69.1 Å². The molecule has 4 rings (SSSR count). The fraction of sp³-hybridized carbons (Fsp3) is 0.0455. The minimum Gasteiger partial charge on any atom is -0.495 e. The molecule has 7 nitrogen and oxygen atoms in total. The van der Waals surface area contributed by atoms with Crippen LogP contribution in [0, 0.1) is 0 Å². The second-order valence-electron chi connectivity index (χ2n) is 6.49. The Hall–Kier alpha value is -3.36. The van der Waals surface area contributed by atoms with Crippen molar-refractivity contribution in [2.45, 2.75) is 0 Å². The van der Waals surface area contributed by atoms with Gasteiger partial charge in [-0.2, -0.15) is 0 Å². The highest BCUT2D eigenvalue weighted by molar-refractivity contribution is 9.10. The number of imide groups is 2.